The van der Waals surface area contributed by atoms with Crippen LogP contribution in [0.2, 0.25) is 0 Å². The average molecular weight is 229 g/mol. The lowest BCUT2D eigenvalue weighted by Gasteiger charge is -2.13. The predicted octanol–water partition coefficient (Wildman–Crippen LogP) is 2.96. The van der Waals surface area contributed by atoms with Crippen LogP contribution >= 0.6 is 0 Å². The van der Waals surface area contributed by atoms with Crippen LogP contribution in [-0.4, -0.2) is 19.8 Å². The maximum Gasteiger partial charge on any atom is 0.0613 e. The fourth-order valence-corrected chi connectivity index (χ4v) is 2.04. The van der Waals surface area contributed by atoms with Gasteiger partial charge in [-0.2, -0.15) is 0 Å². The molecule has 0 amide bonds. The SMILES string of the molecule is COC[C@H](C)NCc1cccc2ccccc12. The first-order chi connectivity index (χ1) is 8.31. The van der Waals surface area contributed by atoms with Crippen molar-refractivity contribution in [1.82, 2.24) is 5.32 Å². The lowest BCUT2D eigenvalue weighted by Crippen LogP contribution is -2.29. The number of benzene rings is 2. The molecule has 0 aromatic heterocycles. The van der Waals surface area contributed by atoms with Crippen LogP contribution in [0.5, 0.6) is 0 Å². The normalized spacial score (nSPS) is 12.8. The van der Waals surface area contributed by atoms with Crippen LogP contribution in [0.4, 0.5) is 0 Å². The van der Waals surface area contributed by atoms with E-state index in [0.717, 1.165) is 13.2 Å². The van der Waals surface area contributed by atoms with E-state index in [1.807, 2.05) is 0 Å². The molecule has 0 unspecified atom stereocenters. The highest BCUT2D eigenvalue weighted by molar-refractivity contribution is 5.85. The molecular weight excluding hydrogens is 210 g/mol. The third-order valence-corrected chi connectivity index (χ3v) is 2.94. The summed E-state index contributed by atoms with van der Waals surface area (Å²) < 4.78 is 5.12. The summed E-state index contributed by atoms with van der Waals surface area (Å²) in [6.45, 7) is 3.76. The second-order valence-electron chi connectivity index (χ2n) is 4.38. The number of nitrogens with one attached hydrogen (secondary N) is 1. The third kappa shape index (κ3) is 3.05. The second-order valence-corrected chi connectivity index (χ2v) is 4.38. The van der Waals surface area contributed by atoms with E-state index in [1.165, 1.54) is 16.3 Å². The molecule has 2 heteroatoms. The van der Waals surface area contributed by atoms with Gasteiger partial charge in [0.15, 0.2) is 0 Å². The van der Waals surface area contributed by atoms with Gasteiger partial charge in [0.2, 0.25) is 0 Å². The molecule has 0 saturated heterocycles. The van der Waals surface area contributed by atoms with Gasteiger partial charge in [0.25, 0.3) is 0 Å². The molecule has 0 spiro atoms. The maximum atomic E-state index is 5.12. The molecule has 0 heterocycles. The summed E-state index contributed by atoms with van der Waals surface area (Å²) in [5.41, 5.74) is 1.34. The Kier molecular flexibility index (Phi) is 4.13. The van der Waals surface area contributed by atoms with Crippen LogP contribution in [0.25, 0.3) is 10.8 Å². The van der Waals surface area contributed by atoms with Gasteiger partial charge in [0.1, 0.15) is 0 Å². The quantitative estimate of drug-likeness (QED) is 0.851. The van der Waals surface area contributed by atoms with Crippen LogP contribution in [0.15, 0.2) is 42.5 Å². The molecule has 17 heavy (non-hydrogen) atoms. The Bertz CT molecular complexity index is 476. The van der Waals surface area contributed by atoms with Gasteiger partial charge in [-0.15, -0.1) is 0 Å². The molecule has 0 aliphatic carbocycles. The fraction of sp³-hybridized carbons (Fsp3) is 0.333. The molecule has 2 rings (SSSR count). The van der Waals surface area contributed by atoms with Crippen LogP contribution in [0.3, 0.4) is 0 Å². The van der Waals surface area contributed by atoms with Crippen molar-refractivity contribution in [2.24, 2.45) is 0 Å². The summed E-state index contributed by atoms with van der Waals surface area (Å²) in [5.74, 6) is 0. The summed E-state index contributed by atoms with van der Waals surface area (Å²) in [5, 5.41) is 6.09. The minimum absolute atomic E-state index is 0.374. The first-order valence-corrected chi connectivity index (χ1v) is 6.00. The van der Waals surface area contributed by atoms with Gasteiger partial charge in [0.05, 0.1) is 6.61 Å². The molecule has 2 nitrogen and oxygen atoms in total. The van der Waals surface area contributed by atoms with Crippen molar-refractivity contribution >= 4 is 10.8 Å². The van der Waals surface area contributed by atoms with Gasteiger partial charge in [0, 0.05) is 19.7 Å². The van der Waals surface area contributed by atoms with E-state index in [2.05, 4.69) is 54.7 Å². The van der Waals surface area contributed by atoms with Crippen molar-refractivity contribution in [1.29, 1.82) is 0 Å². The highest BCUT2D eigenvalue weighted by Gasteiger charge is 2.03. The number of hydrogen-bond donors (Lipinski definition) is 1. The lowest BCUT2D eigenvalue weighted by molar-refractivity contribution is 0.172. The summed E-state index contributed by atoms with van der Waals surface area (Å²) in [6.07, 6.45) is 0. The summed E-state index contributed by atoms with van der Waals surface area (Å²) in [7, 11) is 1.73. The molecule has 0 bridgehead atoms. The Hall–Kier alpha value is -1.38. The lowest BCUT2D eigenvalue weighted by atomic mass is 10.0. The van der Waals surface area contributed by atoms with E-state index < -0.39 is 0 Å². The molecule has 1 N–H and O–H groups in total. The summed E-state index contributed by atoms with van der Waals surface area (Å²) >= 11 is 0. The number of ether oxygens (including phenoxy) is 1. The van der Waals surface area contributed by atoms with E-state index in [4.69, 9.17) is 4.74 Å². The first kappa shape index (κ1) is 12.1. The van der Waals surface area contributed by atoms with Gasteiger partial charge in [-0.05, 0) is 23.3 Å². The van der Waals surface area contributed by atoms with Crippen molar-refractivity contribution in [3.05, 3.63) is 48.0 Å². The third-order valence-electron chi connectivity index (χ3n) is 2.94. The number of fused-ring (bicyclic) bond motifs is 1. The van der Waals surface area contributed by atoms with Crippen LogP contribution in [0, 0.1) is 0 Å². The summed E-state index contributed by atoms with van der Waals surface area (Å²) in [4.78, 5) is 0. The first-order valence-electron chi connectivity index (χ1n) is 6.00. The van der Waals surface area contributed by atoms with E-state index in [0.29, 0.717) is 6.04 Å². The van der Waals surface area contributed by atoms with Gasteiger partial charge in [-0.3, -0.25) is 0 Å². The molecule has 0 radical (unpaired) electrons. The average Bonchev–Trinajstić information content (AvgIpc) is 2.36. The maximum absolute atomic E-state index is 5.12. The number of rotatable bonds is 5. The molecule has 0 saturated carbocycles. The fourth-order valence-electron chi connectivity index (χ4n) is 2.04. The van der Waals surface area contributed by atoms with Crippen molar-refractivity contribution in [2.45, 2.75) is 19.5 Å². The highest BCUT2D eigenvalue weighted by atomic mass is 16.5. The molecule has 2 aromatic rings. The molecule has 90 valence electrons. The zero-order valence-corrected chi connectivity index (χ0v) is 10.4. The van der Waals surface area contributed by atoms with Gasteiger partial charge in [-0.1, -0.05) is 42.5 Å². The minimum Gasteiger partial charge on any atom is -0.383 e. The zero-order chi connectivity index (χ0) is 12.1. The van der Waals surface area contributed by atoms with Crippen molar-refractivity contribution in [3.63, 3.8) is 0 Å². The Labute approximate surface area is 103 Å². The molecular formula is C15H19NO. The molecule has 0 aliphatic heterocycles. The highest BCUT2D eigenvalue weighted by Crippen LogP contribution is 2.18. The Morgan fingerprint density at radius 2 is 1.88 bits per heavy atom. The zero-order valence-electron chi connectivity index (χ0n) is 10.4. The molecule has 0 aliphatic rings. The van der Waals surface area contributed by atoms with E-state index >= 15 is 0 Å². The smallest absolute Gasteiger partial charge is 0.0613 e. The monoisotopic (exact) mass is 229 g/mol. The van der Waals surface area contributed by atoms with Crippen molar-refractivity contribution < 1.29 is 4.74 Å². The Morgan fingerprint density at radius 1 is 1.12 bits per heavy atom. The molecule has 0 fully saturated rings. The van der Waals surface area contributed by atoms with Gasteiger partial charge < -0.3 is 10.1 Å². The standard InChI is InChI=1S/C15H19NO/c1-12(11-17-2)16-10-14-8-5-7-13-6-3-4-9-15(13)14/h3-9,12,16H,10-11H2,1-2H3/t12-/m0/s1. The second kappa shape index (κ2) is 5.80. The van der Waals surface area contributed by atoms with Gasteiger partial charge >= 0.3 is 0 Å². The Balaban J connectivity index is 2.13. The van der Waals surface area contributed by atoms with E-state index in [9.17, 15) is 0 Å². The largest absolute Gasteiger partial charge is 0.383 e. The predicted molar refractivity (Wildman–Crippen MR) is 72.1 cm³/mol. The minimum atomic E-state index is 0.374. The van der Waals surface area contributed by atoms with Crippen LogP contribution in [0.1, 0.15) is 12.5 Å². The summed E-state index contributed by atoms with van der Waals surface area (Å²) in [6, 6.07) is 15.3. The number of hydrogen-bond acceptors (Lipinski definition) is 2. The molecule has 2 aromatic carbocycles. The topological polar surface area (TPSA) is 21.3 Å². The van der Waals surface area contributed by atoms with E-state index in [1.54, 1.807) is 7.11 Å². The molecule has 1 atom stereocenters. The van der Waals surface area contributed by atoms with Crippen LogP contribution < -0.4 is 5.32 Å². The van der Waals surface area contributed by atoms with Gasteiger partial charge in [-0.25, -0.2) is 0 Å². The van der Waals surface area contributed by atoms with Crippen molar-refractivity contribution in [2.75, 3.05) is 13.7 Å². The van der Waals surface area contributed by atoms with Crippen LogP contribution in [-0.2, 0) is 11.3 Å². The van der Waals surface area contributed by atoms with Crippen molar-refractivity contribution in [3.8, 4) is 0 Å². The number of methoxy groups -OCH3 is 1. The van der Waals surface area contributed by atoms with E-state index in [-0.39, 0.29) is 0 Å². The Morgan fingerprint density at radius 3 is 2.71 bits per heavy atom.